The third-order valence-electron chi connectivity index (χ3n) is 3.48. The van der Waals surface area contributed by atoms with Crippen molar-refractivity contribution in [2.24, 2.45) is 0 Å². The lowest BCUT2D eigenvalue weighted by atomic mass is 10.1. The lowest BCUT2D eigenvalue weighted by molar-refractivity contribution is 0.130. The number of aliphatic hydroxyl groups excluding tert-OH is 1. The molecule has 24 heavy (non-hydrogen) atoms. The van der Waals surface area contributed by atoms with Gasteiger partial charge in [0, 0.05) is 23.9 Å². The fourth-order valence-electron chi connectivity index (χ4n) is 2.34. The van der Waals surface area contributed by atoms with Gasteiger partial charge in [-0.25, -0.2) is 4.79 Å². The monoisotopic (exact) mass is 348 g/mol. The van der Waals surface area contributed by atoms with E-state index >= 15 is 0 Å². The number of hydrogen-bond donors (Lipinski definition) is 3. The van der Waals surface area contributed by atoms with E-state index in [-0.39, 0.29) is 12.1 Å². The zero-order chi connectivity index (χ0) is 17.4. The van der Waals surface area contributed by atoms with Gasteiger partial charge in [-0.15, -0.1) is 0 Å². The van der Waals surface area contributed by atoms with Gasteiger partial charge >= 0.3 is 6.03 Å². The van der Waals surface area contributed by atoms with Gasteiger partial charge in [0.1, 0.15) is 11.9 Å². The van der Waals surface area contributed by atoms with Crippen LogP contribution in [0.15, 0.2) is 47.1 Å². The Labute approximate surface area is 146 Å². The maximum atomic E-state index is 12.1. The summed E-state index contributed by atoms with van der Waals surface area (Å²) in [4.78, 5) is 12.1. The molecule has 0 spiro atoms. The normalized spacial score (nSPS) is 13.3. The van der Waals surface area contributed by atoms with E-state index in [1.54, 1.807) is 12.1 Å². The third-order valence-corrected chi connectivity index (χ3v) is 4.43. The summed E-state index contributed by atoms with van der Waals surface area (Å²) in [6, 6.07) is 10.8. The predicted molar refractivity (Wildman–Crippen MR) is 98.2 cm³/mol. The van der Waals surface area contributed by atoms with E-state index in [1.165, 1.54) is 11.8 Å². The third kappa shape index (κ3) is 5.94. The number of carbonyl (C=O) groups is 1. The fourth-order valence-corrected chi connectivity index (χ4v) is 2.96. The molecule has 5 nitrogen and oxygen atoms in total. The molecule has 6 heteroatoms. The molecule has 1 aromatic carbocycles. The van der Waals surface area contributed by atoms with Gasteiger partial charge in [-0.05, 0) is 42.5 Å². The first kappa shape index (κ1) is 18.4. The lowest BCUT2D eigenvalue weighted by Crippen LogP contribution is -2.37. The molecule has 2 aromatic rings. The van der Waals surface area contributed by atoms with Crippen LogP contribution in [-0.4, -0.2) is 22.9 Å². The number of hydrogen-bond acceptors (Lipinski definition) is 4. The Morgan fingerprint density at radius 1 is 1.33 bits per heavy atom. The second-order valence-electron chi connectivity index (χ2n) is 5.60. The Morgan fingerprint density at radius 3 is 2.88 bits per heavy atom. The Balaban J connectivity index is 1.81. The molecule has 0 fully saturated rings. The van der Waals surface area contributed by atoms with Gasteiger partial charge in [0.05, 0.1) is 6.26 Å². The van der Waals surface area contributed by atoms with Gasteiger partial charge in [0.15, 0.2) is 0 Å². The first-order valence-electron chi connectivity index (χ1n) is 8.04. The van der Waals surface area contributed by atoms with E-state index in [2.05, 4.69) is 17.6 Å². The largest absolute Gasteiger partial charge is 0.467 e. The van der Waals surface area contributed by atoms with Crippen LogP contribution < -0.4 is 10.6 Å². The van der Waals surface area contributed by atoms with Crippen molar-refractivity contribution in [3.05, 3.63) is 54.0 Å². The molecule has 130 valence electrons. The Bertz CT molecular complexity index is 631. The number of urea groups is 1. The first-order chi connectivity index (χ1) is 11.6. The number of furan rings is 1. The molecule has 2 rings (SSSR count). The van der Waals surface area contributed by atoms with E-state index in [1.807, 2.05) is 43.0 Å². The minimum absolute atomic E-state index is 0.191. The number of aliphatic hydroxyl groups is 1. The Kier molecular flexibility index (Phi) is 7.21. The van der Waals surface area contributed by atoms with Crippen LogP contribution in [0.2, 0.25) is 0 Å². The summed E-state index contributed by atoms with van der Waals surface area (Å²) in [5.74, 6) is 2.50. The molecular weight excluding hydrogens is 324 g/mol. The van der Waals surface area contributed by atoms with Crippen molar-refractivity contribution in [3.8, 4) is 0 Å². The van der Waals surface area contributed by atoms with Crippen molar-refractivity contribution in [1.29, 1.82) is 0 Å². The van der Waals surface area contributed by atoms with Crippen molar-refractivity contribution in [2.45, 2.75) is 38.2 Å². The van der Waals surface area contributed by atoms with Crippen molar-refractivity contribution < 1.29 is 14.3 Å². The van der Waals surface area contributed by atoms with Crippen LogP contribution in [0, 0.1) is 0 Å². The lowest BCUT2D eigenvalue weighted by Gasteiger charge is -2.17. The number of thioether (sulfide) groups is 1. The van der Waals surface area contributed by atoms with Crippen LogP contribution in [0.4, 0.5) is 10.5 Å². The second kappa shape index (κ2) is 9.39. The number of benzene rings is 1. The van der Waals surface area contributed by atoms with E-state index in [4.69, 9.17) is 4.42 Å². The van der Waals surface area contributed by atoms with E-state index < -0.39 is 6.10 Å². The molecule has 0 aliphatic carbocycles. The molecule has 2 amide bonds. The highest BCUT2D eigenvalue weighted by Crippen LogP contribution is 2.19. The van der Waals surface area contributed by atoms with Crippen LogP contribution >= 0.6 is 11.8 Å². The summed E-state index contributed by atoms with van der Waals surface area (Å²) in [6.07, 6.45) is 1.17. The minimum Gasteiger partial charge on any atom is -0.467 e. The number of anilines is 1. The summed E-state index contributed by atoms with van der Waals surface area (Å²) in [7, 11) is 0. The number of amides is 2. The quantitative estimate of drug-likeness (QED) is 0.669. The summed E-state index contributed by atoms with van der Waals surface area (Å²) < 4.78 is 5.16. The van der Waals surface area contributed by atoms with Crippen LogP contribution in [-0.2, 0) is 5.75 Å². The summed E-state index contributed by atoms with van der Waals surface area (Å²) >= 11 is 1.84. The summed E-state index contributed by atoms with van der Waals surface area (Å²) in [5.41, 5.74) is 1.95. The molecule has 0 radical (unpaired) electrons. The topological polar surface area (TPSA) is 74.5 Å². The smallest absolute Gasteiger partial charge is 0.319 e. The van der Waals surface area contributed by atoms with Gasteiger partial charge in [0.2, 0.25) is 0 Å². The first-order valence-corrected chi connectivity index (χ1v) is 9.19. The number of carbonyl (C=O) groups excluding carboxylic acids is 1. The van der Waals surface area contributed by atoms with Crippen molar-refractivity contribution >= 4 is 23.5 Å². The van der Waals surface area contributed by atoms with Crippen molar-refractivity contribution in [1.82, 2.24) is 5.32 Å². The zero-order valence-electron chi connectivity index (χ0n) is 14.0. The van der Waals surface area contributed by atoms with Crippen molar-refractivity contribution in [2.75, 3.05) is 11.1 Å². The zero-order valence-corrected chi connectivity index (χ0v) is 14.8. The van der Waals surface area contributed by atoms with E-state index in [0.717, 1.165) is 17.2 Å². The fraction of sp³-hybridized carbons (Fsp3) is 0.389. The van der Waals surface area contributed by atoms with Crippen LogP contribution in [0.5, 0.6) is 0 Å². The SMILES string of the molecule is CCSCc1cccc(NC(=O)NC(C)CC(O)c2ccco2)c1. The van der Waals surface area contributed by atoms with Crippen LogP contribution in [0.3, 0.4) is 0 Å². The molecule has 0 saturated carbocycles. The number of rotatable bonds is 8. The molecule has 2 atom stereocenters. The standard InChI is InChI=1S/C18H24N2O3S/c1-3-24-12-14-6-4-7-15(11-14)20-18(22)19-13(2)10-16(21)17-8-5-9-23-17/h4-9,11,13,16,21H,3,10,12H2,1-2H3,(H2,19,20,22). The molecular formula is C18H24N2O3S. The average molecular weight is 348 g/mol. The Hall–Kier alpha value is -1.92. The molecule has 1 aromatic heterocycles. The molecule has 0 aliphatic heterocycles. The summed E-state index contributed by atoms with van der Waals surface area (Å²) in [5, 5.41) is 15.7. The van der Waals surface area contributed by atoms with Crippen LogP contribution in [0.1, 0.15) is 37.7 Å². The van der Waals surface area contributed by atoms with Gasteiger partial charge in [0.25, 0.3) is 0 Å². The second-order valence-corrected chi connectivity index (χ2v) is 6.88. The van der Waals surface area contributed by atoms with E-state index in [0.29, 0.717) is 12.2 Å². The highest BCUT2D eigenvalue weighted by Gasteiger charge is 2.16. The maximum absolute atomic E-state index is 12.1. The molecule has 1 heterocycles. The minimum atomic E-state index is -0.732. The van der Waals surface area contributed by atoms with Gasteiger partial charge < -0.3 is 20.2 Å². The van der Waals surface area contributed by atoms with Crippen molar-refractivity contribution in [3.63, 3.8) is 0 Å². The maximum Gasteiger partial charge on any atom is 0.319 e. The molecule has 3 N–H and O–H groups in total. The summed E-state index contributed by atoms with van der Waals surface area (Å²) in [6.45, 7) is 3.97. The number of nitrogens with one attached hydrogen (secondary N) is 2. The highest BCUT2D eigenvalue weighted by atomic mass is 32.2. The molecule has 2 unspecified atom stereocenters. The van der Waals surface area contributed by atoms with E-state index in [9.17, 15) is 9.90 Å². The van der Waals surface area contributed by atoms with Crippen LogP contribution in [0.25, 0.3) is 0 Å². The average Bonchev–Trinajstić information content (AvgIpc) is 3.07. The Morgan fingerprint density at radius 2 is 2.17 bits per heavy atom. The van der Waals surface area contributed by atoms with Gasteiger partial charge in [-0.1, -0.05) is 19.1 Å². The van der Waals surface area contributed by atoms with Gasteiger partial charge in [-0.3, -0.25) is 0 Å². The molecule has 0 bridgehead atoms. The molecule has 0 aliphatic rings. The van der Waals surface area contributed by atoms with Gasteiger partial charge in [-0.2, -0.15) is 11.8 Å². The molecule has 0 saturated heterocycles. The highest BCUT2D eigenvalue weighted by molar-refractivity contribution is 7.98. The predicted octanol–water partition coefficient (Wildman–Crippen LogP) is 4.17.